The number of aliphatic hydroxyl groups is 1. The molecule has 3 heteroatoms. The summed E-state index contributed by atoms with van der Waals surface area (Å²) < 4.78 is 0.568. The zero-order valence-corrected chi connectivity index (χ0v) is 12.5. The van der Waals surface area contributed by atoms with Gasteiger partial charge >= 0.3 is 0 Å². The van der Waals surface area contributed by atoms with Gasteiger partial charge in [-0.1, -0.05) is 50.1 Å². The van der Waals surface area contributed by atoms with E-state index in [0.29, 0.717) is 23.0 Å². The summed E-state index contributed by atoms with van der Waals surface area (Å²) in [4.78, 5) is 12.6. The molecule has 0 aliphatic carbocycles. The third-order valence-electron chi connectivity index (χ3n) is 3.14. The van der Waals surface area contributed by atoms with E-state index in [2.05, 4.69) is 6.92 Å². The SMILES string of the molecule is CCCCC(O)(C[N+](C)(C)C)C(=O)c1ccccc1. The van der Waals surface area contributed by atoms with Crippen molar-refractivity contribution in [3.8, 4) is 0 Å². The van der Waals surface area contributed by atoms with Crippen molar-refractivity contribution in [2.45, 2.75) is 31.8 Å². The fraction of sp³-hybridized carbons (Fsp3) is 0.562. The molecule has 0 amide bonds. The van der Waals surface area contributed by atoms with Crippen molar-refractivity contribution < 1.29 is 14.4 Å². The second-order valence-electron chi connectivity index (χ2n) is 6.28. The summed E-state index contributed by atoms with van der Waals surface area (Å²) in [6, 6.07) is 9.09. The first kappa shape index (κ1) is 15.9. The van der Waals surface area contributed by atoms with E-state index in [1.165, 1.54) is 0 Å². The van der Waals surface area contributed by atoms with Gasteiger partial charge in [0.25, 0.3) is 0 Å². The number of benzene rings is 1. The molecule has 0 spiro atoms. The number of nitrogens with zero attached hydrogens (tertiary/aromatic N) is 1. The van der Waals surface area contributed by atoms with Crippen LogP contribution in [0.4, 0.5) is 0 Å². The molecule has 19 heavy (non-hydrogen) atoms. The van der Waals surface area contributed by atoms with Crippen molar-refractivity contribution in [2.75, 3.05) is 27.7 Å². The maximum absolute atomic E-state index is 12.6. The Morgan fingerprint density at radius 2 is 1.79 bits per heavy atom. The molecular weight excluding hydrogens is 238 g/mol. The molecule has 3 nitrogen and oxygen atoms in total. The van der Waals surface area contributed by atoms with Crippen molar-refractivity contribution in [1.82, 2.24) is 0 Å². The Hall–Kier alpha value is -1.19. The Balaban J connectivity index is 2.99. The largest absolute Gasteiger partial charge is 0.376 e. The van der Waals surface area contributed by atoms with Crippen molar-refractivity contribution in [1.29, 1.82) is 0 Å². The molecule has 0 saturated carbocycles. The van der Waals surface area contributed by atoms with Crippen LogP contribution in [0, 0.1) is 0 Å². The molecule has 0 saturated heterocycles. The van der Waals surface area contributed by atoms with Crippen LogP contribution >= 0.6 is 0 Å². The standard InChI is InChI=1S/C16H26NO2/c1-5-6-12-16(19,13-17(2,3)4)15(18)14-10-8-7-9-11-14/h7-11,19H,5-6,12-13H2,1-4H3/q+1. The van der Waals surface area contributed by atoms with Gasteiger partial charge in [0.05, 0.1) is 21.1 Å². The molecule has 0 radical (unpaired) electrons. The zero-order chi connectivity index (χ0) is 14.5. The van der Waals surface area contributed by atoms with Crippen molar-refractivity contribution >= 4 is 5.78 Å². The molecule has 106 valence electrons. The van der Waals surface area contributed by atoms with Crippen LogP contribution in [0.2, 0.25) is 0 Å². The first-order chi connectivity index (χ1) is 8.78. The molecular formula is C16H26NO2+. The van der Waals surface area contributed by atoms with E-state index in [4.69, 9.17) is 0 Å². The number of unbranched alkanes of at least 4 members (excludes halogenated alkanes) is 1. The van der Waals surface area contributed by atoms with Gasteiger partial charge in [-0.3, -0.25) is 4.79 Å². The number of ketones is 1. The fourth-order valence-electron chi connectivity index (χ4n) is 2.38. The lowest BCUT2D eigenvalue weighted by atomic mass is 9.87. The average Bonchev–Trinajstić information content (AvgIpc) is 2.34. The lowest BCUT2D eigenvalue weighted by molar-refractivity contribution is -0.875. The van der Waals surface area contributed by atoms with Crippen LogP contribution in [-0.2, 0) is 0 Å². The van der Waals surface area contributed by atoms with E-state index >= 15 is 0 Å². The number of rotatable bonds is 7. The second kappa shape index (κ2) is 6.31. The summed E-state index contributed by atoms with van der Waals surface area (Å²) in [6.07, 6.45) is 2.35. The Kier molecular flexibility index (Phi) is 5.27. The quantitative estimate of drug-likeness (QED) is 0.607. The summed E-state index contributed by atoms with van der Waals surface area (Å²) in [5.74, 6) is -0.158. The molecule has 0 aliphatic rings. The summed E-state index contributed by atoms with van der Waals surface area (Å²) in [7, 11) is 5.99. The van der Waals surface area contributed by atoms with E-state index in [0.717, 1.165) is 12.8 Å². The first-order valence-corrected chi connectivity index (χ1v) is 6.91. The average molecular weight is 264 g/mol. The van der Waals surface area contributed by atoms with E-state index in [-0.39, 0.29) is 5.78 Å². The van der Waals surface area contributed by atoms with E-state index < -0.39 is 5.60 Å². The third-order valence-corrected chi connectivity index (χ3v) is 3.14. The second-order valence-corrected chi connectivity index (χ2v) is 6.28. The molecule has 0 heterocycles. The number of likely N-dealkylation sites (N-methyl/N-ethyl adjacent to an activating group) is 1. The Bertz CT molecular complexity index is 409. The summed E-state index contributed by atoms with van der Waals surface area (Å²) >= 11 is 0. The fourth-order valence-corrected chi connectivity index (χ4v) is 2.38. The number of carbonyl (C=O) groups is 1. The highest BCUT2D eigenvalue weighted by molar-refractivity contribution is 6.02. The van der Waals surface area contributed by atoms with Crippen LogP contribution in [0.1, 0.15) is 36.5 Å². The van der Waals surface area contributed by atoms with E-state index in [1.807, 2.05) is 39.3 Å². The smallest absolute Gasteiger partial charge is 0.200 e. The van der Waals surface area contributed by atoms with Crippen LogP contribution < -0.4 is 0 Å². The van der Waals surface area contributed by atoms with Gasteiger partial charge in [-0.25, -0.2) is 0 Å². The van der Waals surface area contributed by atoms with Crippen molar-refractivity contribution in [3.63, 3.8) is 0 Å². The van der Waals surface area contributed by atoms with Gasteiger partial charge in [-0.05, 0) is 6.42 Å². The van der Waals surface area contributed by atoms with Gasteiger partial charge in [0, 0.05) is 5.56 Å². The molecule has 1 aromatic rings. The molecule has 1 unspecified atom stereocenters. The minimum atomic E-state index is -1.27. The van der Waals surface area contributed by atoms with Crippen molar-refractivity contribution in [2.24, 2.45) is 0 Å². The van der Waals surface area contributed by atoms with Crippen LogP contribution in [0.3, 0.4) is 0 Å². The topological polar surface area (TPSA) is 37.3 Å². The molecule has 1 N–H and O–H groups in total. The minimum Gasteiger partial charge on any atom is -0.376 e. The summed E-state index contributed by atoms with van der Waals surface area (Å²) in [5.41, 5.74) is -0.676. The number of hydrogen-bond donors (Lipinski definition) is 1. The molecule has 1 rings (SSSR count). The lowest BCUT2D eigenvalue weighted by Gasteiger charge is -2.34. The van der Waals surface area contributed by atoms with Crippen molar-refractivity contribution in [3.05, 3.63) is 35.9 Å². The van der Waals surface area contributed by atoms with Crippen LogP contribution in [-0.4, -0.2) is 48.7 Å². The third kappa shape index (κ3) is 4.77. The van der Waals surface area contributed by atoms with Gasteiger partial charge in [0.15, 0.2) is 11.4 Å². The number of hydrogen-bond acceptors (Lipinski definition) is 2. The molecule has 0 bridgehead atoms. The highest BCUT2D eigenvalue weighted by atomic mass is 16.3. The summed E-state index contributed by atoms with van der Waals surface area (Å²) in [6.45, 7) is 2.50. The maximum Gasteiger partial charge on any atom is 0.200 e. The maximum atomic E-state index is 12.6. The summed E-state index contributed by atoms with van der Waals surface area (Å²) in [5, 5.41) is 10.8. The predicted molar refractivity (Wildman–Crippen MR) is 78.1 cm³/mol. The molecule has 1 aromatic carbocycles. The number of quaternary nitrogens is 1. The van der Waals surface area contributed by atoms with Gasteiger partial charge in [-0.2, -0.15) is 0 Å². The van der Waals surface area contributed by atoms with Gasteiger partial charge in [0.1, 0.15) is 6.54 Å². The normalized spacial score (nSPS) is 15.0. The van der Waals surface area contributed by atoms with Gasteiger partial charge in [0.2, 0.25) is 0 Å². The number of carbonyl (C=O) groups excluding carboxylic acids is 1. The monoisotopic (exact) mass is 264 g/mol. The minimum absolute atomic E-state index is 0.158. The van der Waals surface area contributed by atoms with E-state index in [9.17, 15) is 9.90 Å². The van der Waals surface area contributed by atoms with Crippen LogP contribution in [0.15, 0.2) is 30.3 Å². The Labute approximate surface area is 116 Å². The van der Waals surface area contributed by atoms with Gasteiger partial charge < -0.3 is 9.59 Å². The van der Waals surface area contributed by atoms with Crippen LogP contribution in [0.25, 0.3) is 0 Å². The Morgan fingerprint density at radius 3 is 2.26 bits per heavy atom. The Morgan fingerprint density at radius 1 is 1.21 bits per heavy atom. The molecule has 0 aliphatic heterocycles. The highest BCUT2D eigenvalue weighted by Gasteiger charge is 2.40. The number of Topliss-reactive ketones (excluding diaryl/α,β-unsaturated/α-hetero) is 1. The van der Waals surface area contributed by atoms with Gasteiger partial charge in [-0.15, -0.1) is 0 Å². The van der Waals surface area contributed by atoms with E-state index in [1.54, 1.807) is 12.1 Å². The zero-order valence-electron chi connectivity index (χ0n) is 12.5. The molecule has 0 aromatic heterocycles. The first-order valence-electron chi connectivity index (χ1n) is 6.91. The highest BCUT2D eigenvalue weighted by Crippen LogP contribution is 2.23. The predicted octanol–water partition coefficient (Wildman–Crippen LogP) is 2.50. The van der Waals surface area contributed by atoms with Crippen LogP contribution in [0.5, 0.6) is 0 Å². The molecule has 1 atom stereocenters. The molecule has 0 fully saturated rings. The lowest BCUT2D eigenvalue weighted by Crippen LogP contribution is -2.53.